The number of ether oxygens (including phenoxy) is 2. The van der Waals surface area contributed by atoms with E-state index in [1.165, 1.54) is 12.0 Å². The third-order valence-electron chi connectivity index (χ3n) is 6.89. The second kappa shape index (κ2) is 9.72. The van der Waals surface area contributed by atoms with Gasteiger partial charge in [0.05, 0.1) is 24.4 Å². The molecular weight excluding hydrogens is 504 g/mol. The molecule has 0 aliphatic carbocycles. The molecule has 9 heteroatoms. The van der Waals surface area contributed by atoms with Gasteiger partial charge >= 0.3 is 11.9 Å². The molecule has 1 N–H and O–H groups in total. The molecule has 0 bridgehead atoms. The van der Waals surface area contributed by atoms with Crippen LogP contribution in [0, 0.1) is 6.92 Å². The average molecular weight is 533 g/mol. The predicted molar refractivity (Wildman–Crippen MR) is 144 cm³/mol. The van der Waals surface area contributed by atoms with E-state index in [4.69, 9.17) is 9.47 Å². The topological polar surface area (TPSA) is 106 Å². The van der Waals surface area contributed by atoms with Gasteiger partial charge in [-0.1, -0.05) is 49.4 Å². The standard InChI is InChI=1S/C29H28N2O6S/c1-14(2)17-6-8-18(9-7-17)23-22(24(32)19-10-11-21-20(13-19)12-15(3)37-21)25(33)27(34)31(23)29-30-16(4)26(38-29)28(35)36-5/h6-11,13-15,23,32H,12H2,1-5H3/t15-,23+/m1/s1. The quantitative estimate of drug-likeness (QED) is 0.205. The number of nitrogens with zero attached hydrogens (tertiary/aromatic N) is 2. The van der Waals surface area contributed by atoms with E-state index in [0.29, 0.717) is 23.2 Å². The van der Waals surface area contributed by atoms with Crippen LogP contribution in [0.4, 0.5) is 5.13 Å². The maximum Gasteiger partial charge on any atom is 0.350 e. The Kier molecular flexibility index (Phi) is 6.56. The first-order valence-electron chi connectivity index (χ1n) is 12.4. The van der Waals surface area contributed by atoms with Gasteiger partial charge in [-0.05, 0) is 54.7 Å². The van der Waals surface area contributed by atoms with Crippen LogP contribution in [0.25, 0.3) is 5.76 Å². The molecule has 1 fully saturated rings. The molecule has 0 saturated carbocycles. The number of methoxy groups -OCH3 is 1. The van der Waals surface area contributed by atoms with Crippen molar-refractivity contribution in [3.63, 3.8) is 0 Å². The fourth-order valence-electron chi connectivity index (χ4n) is 4.90. The van der Waals surface area contributed by atoms with Crippen molar-refractivity contribution in [3.05, 3.63) is 80.9 Å². The van der Waals surface area contributed by atoms with Gasteiger partial charge in [0.25, 0.3) is 5.78 Å². The van der Waals surface area contributed by atoms with E-state index in [1.807, 2.05) is 31.2 Å². The van der Waals surface area contributed by atoms with Gasteiger partial charge in [0.2, 0.25) is 0 Å². The minimum absolute atomic E-state index is 0.0181. The maximum atomic E-state index is 13.5. The Bertz CT molecular complexity index is 1490. The molecule has 0 unspecified atom stereocenters. The molecule has 5 rings (SSSR count). The van der Waals surface area contributed by atoms with E-state index in [-0.39, 0.29) is 33.4 Å². The van der Waals surface area contributed by atoms with E-state index >= 15 is 0 Å². The predicted octanol–water partition coefficient (Wildman–Crippen LogP) is 5.31. The summed E-state index contributed by atoms with van der Waals surface area (Å²) in [6.07, 6.45) is 0.698. The number of aromatic nitrogens is 1. The summed E-state index contributed by atoms with van der Waals surface area (Å²) in [5.41, 5.74) is 3.44. The van der Waals surface area contributed by atoms with Crippen LogP contribution in [0.2, 0.25) is 0 Å². The summed E-state index contributed by atoms with van der Waals surface area (Å²) in [5, 5.41) is 11.7. The highest BCUT2D eigenvalue weighted by Crippen LogP contribution is 2.44. The summed E-state index contributed by atoms with van der Waals surface area (Å²) in [5.74, 6) is -1.46. The fraction of sp³-hybridized carbons (Fsp3) is 0.310. The molecule has 1 aromatic heterocycles. The van der Waals surface area contributed by atoms with Crippen molar-refractivity contribution in [2.75, 3.05) is 12.0 Å². The summed E-state index contributed by atoms with van der Waals surface area (Å²) >= 11 is 0.974. The molecule has 0 radical (unpaired) electrons. The van der Waals surface area contributed by atoms with Crippen LogP contribution >= 0.6 is 11.3 Å². The minimum Gasteiger partial charge on any atom is -0.507 e. The second-order valence-electron chi connectivity index (χ2n) is 9.85. The number of carbonyl (C=O) groups excluding carboxylic acids is 3. The van der Waals surface area contributed by atoms with Gasteiger partial charge in [-0.3, -0.25) is 14.5 Å². The Morgan fingerprint density at radius 1 is 1.18 bits per heavy atom. The maximum absolute atomic E-state index is 13.5. The normalized spacial score (nSPS) is 20.1. The molecule has 0 spiro atoms. The van der Waals surface area contributed by atoms with Crippen molar-refractivity contribution >= 4 is 39.9 Å². The zero-order valence-electron chi connectivity index (χ0n) is 21.8. The number of amides is 1. The largest absolute Gasteiger partial charge is 0.507 e. The number of fused-ring (bicyclic) bond motifs is 1. The number of aliphatic hydroxyl groups excluding tert-OH is 1. The molecule has 3 aromatic rings. The first kappa shape index (κ1) is 25.7. The Labute approximate surface area is 224 Å². The van der Waals surface area contributed by atoms with Crippen molar-refractivity contribution in [1.82, 2.24) is 4.98 Å². The van der Waals surface area contributed by atoms with E-state index in [0.717, 1.165) is 28.2 Å². The van der Waals surface area contributed by atoms with Crippen LogP contribution < -0.4 is 9.64 Å². The SMILES string of the molecule is COC(=O)c1sc(N2C(=O)C(=O)C(=C(O)c3ccc4c(c3)C[C@@H](C)O4)[C@@H]2c2ccc(C(C)C)cc2)nc1C. The van der Waals surface area contributed by atoms with Crippen molar-refractivity contribution in [2.45, 2.75) is 52.2 Å². The smallest absolute Gasteiger partial charge is 0.350 e. The number of anilines is 1. The van der Waals surface area contributed by atoms with Crippen molar-refractivity contribution in [2.24, 2.45) is 0 Å². The first-order chi connectivity index (χ1) is 18.1. The molecule has 2 aliphatic rings. The Balaban J connectivity index is 1.68. The third kappa shape index (κ3) is 4.26. The molecule has 3 heterocycles. The average Bonchev–Trinajstić information content (AvgIpc) is 3.55. The van der Waals surface area contributed by atoms with Gasteiger partial charge in [0.1, 0.15) is 22.5 Å². The lowest BCUT2D eigenvalue weighted by Gasteiger charge is -2.23. The van der Waals surface area contributed by atoms with Gasteiger partial charge in [0.15, 0.2) is 5.13 Å². The molecule has 2 aliphatic heterocycles. The van der Waals surface area contributed by atoms with E-state index in [2.05, 4.69) is 18.8 Å². The second-order valence-corrected chi connectivity index (χ2v) is 10.8. The molecule has 38 heavy (non-hydrogen) atoms. The number of hydrogen-bond donors (Lipinski definition) is 1. The third-order valence-corrected chi connectivity index (χ3v) is 8.03. The van der Waals surface area contributed by atoms with Gasteiger partial charge in [0, 0.05) is 12.0 Å². The van der Waals surface area contributed by atoms with Crippen molar-refractivity contribution in [1.29, 1.82) is 0 Å². The zero-order chi connectivity index (χ0) is 27.3. The van der Waals surface area contributed by atoms with Crippen LogP contribution in [-0.2, 0) is 20.7 Å². The Hall–Kier alpha value is -3.98. The van der Waals surface area contributed by atoms with E-state index in [1.54, 1.807) is 25.1 Å². The monoisotopic (exact) mass is 532 g/mol. The highest BCUT2D eigenvalue weighted by molar-refractivity contribution is 7.17. The van der Waals surface area contributed by atoms with Gasteiger partial charge in [-0.15, -0.1) is 0 Å². The summed E-state index contributed by atoms with van der Waals surface area (Å²) in [6.45, 7) is 7.76. The number of benzene rings is 2. The summed E-state index contributed by atoms with van der Waals surface area (Å²) in [7, 11) is 1.27. The fourth-order valence-corrected chi connectivity index (χ4v) is 5.91. The number of aliphatic hydroxyl groups is 1. The van der Waals surface area contributed by atoms with Crippen molar-refractivity contribution < 1.29 is 29.0 Å². The van der Waals surface area contributed by atoms with Crippen LogP contribution in [0.5, 0.6) is 5.75 Å². The van der Waals surface area contributed by atoms with E-state index < -0.39 is 23.7 Å². The number of hydrogen-bond acceptors (Lipinski definition) is 8. The number of rotatable bonds is 5. The highest BCUT2D eigenvalue weighted by atomic mass is 32.1. The lowest BCUT2D eigenvalue weighted by molar-refractivity contribution is -0.132. The molecule has 1 saturated heterocycles. The molecule has 2 atom stereocenters. The summed E-state index contributed by atoms with van der Waals surface area (Å²) in [4.78, 5) is 45.1. The van der Waals surface area contributed by atoms with Crippen LogP contribution in [0.1, 0.15) is 70.4 Å². The molecular formula is C29H28N2O6S. The number of aryl methyl sites for hydroxylation is 1. The number of Topliss-reactive ketones (excluding diaryl/α,β-unsaturated/α-hetero) is 1. The van der Waals surface area contributed by atoms with Gasteiger partial charge in [-0.25, -0.2) is 9.78 Å². The Morgan fingerprint density at radius 2 is 1.89 bits per heavy atom. The highest BCUT2D eigenvalue weighted by Gasteiger charge is 2.48. The van der Waals surface area contributed by atoms with Crippen LogP contribution in [0.15, 0.2) is 48.0 Å². The zero-order valence-corrected chi connectivity index (χ0v) is 22.6. The molecule has 1 amide bonds. The lowest BCUT2D eigenvalue weighted by Crippen LogP contribution is -2.29. The molecule has 2 aromatic carbocycles. The Morgan fingerprint density at radius 3 is 2.55 bits per heavy atom. The first-order valence-corrected chi connectivity index (χ1v) is 13.2. The number of carbonyl (C=O) groups is 3. The van der Waals surface area contributed by atoms with Gasteiger partial charge in [-0.2, -0.15) is 0 Å². The molecule has 8 nitrogen and oxygen atoms in total. The van der Waals surface area contributed by atoms with E-state index in [9.17, 15) is 19.5 Å². The number of ketones is 1. The van der Waals surface area contributed by atoms with Crippen LogP contribution in [0.3, 0.4) is 0 Å². The van der Waals surface area contributed by atoms with Crippen LogP contribution in [-0.4, -0.2) is 41.0 Å². The lowest BCUT2D eigenvalue weighted by atomic mass is 9.93. The van der Waals surface area contributed by atoms with Crippen molar-refractivity contribution in [3.8, 4) is 5.75 Å². The number of esters is 1. The van der Waals surface area contributed by atoms with Gasteiger partial charge < -0.3 is 14.6 Å². The summed E-state index contributed by atoms with van der Waals surface area (Å²) < 4.78 is 10.6. The molecule has 196 valence electrons. The number of thiazole rings is 1. The minimum atomic E-state index is -0.935. The summed E-state index contributed by atoms with van der Waals surface area (Å²) in [6, 6.07) is 11.9.